The van der Waals surface area contributed by atoms with E-state index in [1.165, 1.54) is 0 Å². The molecule has 0 spiro atoms. The summed E-state index contributed by atoms with van der Waals surface area (Å²) in [5.41, 5.74) is 1.64. The van der Waals surface area contributed by atoms with Crippen LogP contribution in [0.3, 0.4) is 0 Å². The largest absolute Gasteiger partial charge is 0.486 e. The van der Waals surface area contributed by atoms with E-state index in [0.717, 1.165) is 30.8 Å². The van der Waals surface area contributed by atoms with Crippen molar-refractivity contribution < 1.29 is 19.0 Å². The molecule has 5 heteroatoms. The number of hydrogen-bond acceptors (Lipinski definition) is 4. The van der Waals surface area contributed by atoms with Crippen molar-refractivity contribution in [3.05, 3.63) is 23.3 Å². The number of hydrogen-bond donors (Lipinski definition) is 0. The number of rotatable bonds is 3. The highest BCUT2D eigenvalue weighted by Gasteiger charge is 2.28. The highest BCUT2D eigenvalue weighted by Crippen LogP contribution is 2.34. The van der Waals surface area contributed by atoms with Crippen LogP contribution in [-0.4, -0.2) is 50.8 Å². The first-order chi connectivity index (χ1) is 10.2. The van der Waals surface area contributed by atoms with E-state index < -0.39 is 0 Å². The smallest absolute Gasteiger partial charge is 0.254 e. The second kappa shape index (κ2) is 5.93. The topological polar surface area (TPSA) is 48.0 Å². The number of fused-ring (bicyclic) bond motifs is 1. The summed E-state index contributed by atoms with van der Waals surface area (Å²) >= 11 is 0. The summed E-state index contributed by atoms with van der Waals surface area (Å²) < 4.78 is 16.3. The molecule has 2 aliphatic heterocycles. The Kier molecular flexibility index (Phi) is 4.01. The van der Waals surface area contributed by atoms with Gasteiger partial charge in [0.2, 0.25) is 0 Å². The lowest BCUT2D eigenvalue weighted by Gasteiger charge is -2.22. The Hall–Kier alpha value is -1.75. The van der Waals surface area contributed by atoms with Crippen LogP contribution in [0.15, 0.2) is 12.1 Å². The molecule has 0 N–H and O–H groups in total. The standard InChI is InChI=1S/C16H21NO4/c1-11-7-14-15(21-6-5-20-14)8-13(11)16(18)17-4-3-12(9-17)10-19-2/h7-8,12H,3-6,9-10H2,1-2H3. The number of carbonyl (C=O) groups excluding carboxylic acids is 1. The molecular weight excluding hydrogens is 270 g/mol. The molecule has 0 radical (unpaired) electrons. The van der Waals surface area contributed by atoms with Crippen molar-refractivity contribution in [1.82, 2.24) is 4.90 Å². The van der Waals surface area contributed by atoms with Crippen molar-refractivity contribution in [1.29, 1.82) is 0 Å². The SMILES string of the molecule is COCC1CCN(C(=O)c2cc3c(cc2C)OCCO3)C1. The van der Waals surface area contributed by atoms with E-state index in [-0.39, 0.29) is 5.91 Å². The zero-order chi connectivity index (χ0) is 14.8. The lowest BCUT2D eigenvalue weighted by molar-refractivity contribution is 0.0773. The van der Waals surface area contributed by atoms with Crippen molar-refractivity contribution >= 4 is 5.91 Å². The van der Waals surface area contributed by atoms with Crippen LogP contribution in [-0.2, 0) is 4.74 Å². The average Bonchev–Trinajstić information content (AvgIpc) is 2.95. The molecule has 114 valence electrons. The first-order valence-corrected chi connectivity index (χ1v) is 7.37. The van der Waals surface area contributed by atoms with E-state index in [1.807, 2.05) is 24.0 Å². The third-order valence-corrected chi connectivity index (χ3v) is 4.10. The summed E-state index contributed by atoms with van der Waals surface area (Å²) in [7, 11) is 1.70. The van der Waals surface area contributed by atoms with Gasteiger partial charge >= 0.3 is 0 Å². The van der Waals surface area contributed by atoms with E-state index in [4.69, 9.17) is 14.2 Å². The normalized spacial score (nSPS) is 20.7. The Morgan fingerprint density at radius 1 is 1.33 bits per heavy atom. The highest BCUT2D eigenvalue weighted by atomic mass is 16.6. The molecule has 21 heavy (non-hydrogen) atoms. The molecule has 1 fully saturated rings. The third kappa shape index (κ3) is 2.83. The van der Waals surface area contributed by atoms with E-state index in [9.17, 15) is 4.79 Å². The number of ether oxygens (including phenoxy) is 3. The van der Waals surface area contributed by atoms with Crippen LogP contribution in [0, 0.1) is 12.8 Å². The Morgan fingerprint density at radius 3 is 2.76 bits per heavy atom. The van der Waals surface area contributed by atoms with Crippen LogP contribution in [0.25, 0.3) is 0 Å². The first kappa shape index (κ1) is 14.2. The summed E-state index contributed by atoms with van der Waals surface area (Å²) in [5, 5.41) is 0. The molecule has 0 aliphatic carbocycles. The van der Waals surface area contributed by atoms with Gasteiger partial charge in [-0.15, -0.1) is 0 Å². The zero-order valence-corrected chi connectivity index (χ0v) is 12.6. The number of carbonyl (C=O) groups is 1. The maximum absolute atomic E-state index is 12.7. The molecule has 0 aromatic heterocycles. The van der Waals surface area contributed by atoms with Gasteiger partial charge in [0, 0.05) is 31.7 Å². The van der Waals surface area contributed by atoms with E-state index in [0.29, 0.717) is 37.1 Å². The van der Waals surface area contributed by atoms with Gasteiger partial charge in [0.25, 0.3) is 5.91 Å². The van der Waals surface area contributed by atoms with E-state index >= 15 is 0 Å². The minimum absolute atomic E-state index is 0.0723. The van der Waals surface area contributed by atoms with Crippen LogP contribution in [0.2, 0.25) is 0 Å². The van der Waals surface area contributed by atoms with Gasteiger partial charge < -0.3 is 19.1 Å². The number of nitrogens with zero attached hydrogens (tertiary/aromatic N) is 1. The average molecular weight is 291 g/mol. The minimum Gasteiger partial charge on any atom is -0.486 e. The number of likely N-dealkylation sites (tertiary alicyclic amines) is 1. The molecular formula is C16H21NO4. The Morgan fingerprint density at radius 2 is 2.05 bits per heavy atom. The maximum atomic E-state index is 12.7. The molecule has 3 rings (SSSR count). The van der Waals surface area contributed by atoms with Crippen molar-refractivity contribution in [2.45, 2.75) is 13.3 Å². The molecule has 0 saturated carbocycles. The van der Waals surface area contributed by atoms with Gasteiger partial charge in [-0.2, -0.15) is 0 Å². The zero-order valence-electron chi connectivity index (χ0n) is 12.6. The molecule has 2 heterocycles. The number of benzene rings is 1. The lowest BCUT2D eigenvalue weighted by atomic mass is 10.1. The van der Waals surface area contributed by atoms with Crippen LogP contribution in [0.4, 0.5) is 0 Å². The maximum Gasteiger partial charge on any atom is 0.254 e. The summed E-state index contributed by atoms with van der Waals surface area (Å²) in [4.78, 5) is 14.6. The number of amides is 1. The van der Waals surface area contributed by atoms with Gasteiger partial charge in [0.15, 0.2) is 11.5 Å². The number of aryl methyl sites for hydroxylation is 1. The van der Waals surface area contributed by atoms with Crippen molar-refractivity contribution in [2.24, 2.45) is 5.92 Å². The lowest BCUT2D eigenvalue weighted by Crippen LogP contribution is -2.30. The Balaban J connectivity index is 1.79. The fraction of sp³-hybridized carbons (Fsp3) is 0.562. The second-order valence-electron chi connectivity index (χ2n) is 5.67. The third-order valence-electron chi connectivity index (χ3n) is 4.10. The number of methoxy groups -OCH3 is 1. The molecule has 1 aromatic rings. The van der Waals surface area contributed by atoms with Gasteiger partial charge in [0.05, 0.1) is 6.61 Å². The molecule has 2 aliphatic rings. The Bertz CT molecular complexity index is 543. The molecule has 1 amide bonds. The minimum atomic E-state index is 0.0723. The van der Waals surface area contributed by atoms with Crippen molar-refractivity contribution in [2.75, 3.05) is 40.0 Å². The summed E-state index contributed by atoms with van der Waals surface area (Å²) in [6.45, 7) is 5.30. The van der Waals surface area contributed by atoms with Crippen molar-refractivity contribution in [3.8, 4) is 11.5 Å². The first-order valence-electron chi connectivity index (χ1n) is 7.37. The molecule has 1 saturated heterocycles. The van der Waals surface area contributed by atoms with Gasteiger partial charge in [-0.1, -0.05) is 0 Å². The molecule has 1 aromatic carbocycles. The summed E-state index contributed by atoms with van der Waals surface area (Å²) in [6.07, 6.45) is 1.00. The molecule has 0 bridgehead atoms. The molecule has 1 atom stereocenters. The monoisotopic (exact) mass is 291 g/mol. The van der Waals surface area contributed by atoms with Crippen LogP contribution in [0.5, 0.6) is 11.5 Å². The van der Waals surface area contributed by atoms with Crippen LogP contribution >= 0.6 is 0 Å². The van der Waals surface area contributed by atoms with Gasteiger partial charge in [-0.05, 0) is 31.0 Å². The van der Waals surface area contributed by atoms with Crippen LogP contribution < -0.4 is 9.47 Å². The quantitative estimate of drug-likeness (QED) is 0.853. The van der Waals surface area contributed by atoms with Gasteiger partial charge in [-0.25, -0.2) is 0 Å². The second-order valence-corrected chi connectivity index (χ2v) is 5.67. The predicted molar refractivity (Wildman–Crippen MR) is 78.1 cm³/mol. The van der Waals surface area contributed by atoms with Gasteiger partial charge in [-0.3, -0.25) is 4.79 Å². The van der Waals surface area contributed by atoms with E-state index in [2.05, 4.69) is 0 Å². The van der Waals surface area contributed by atoms with Gasteiger partial charge in [0.1, 0.15) is 13.2 Å². The predicted octanol–water partition coefficient (Wildman–Crippen LogP) is 1.87. The van der Waals surface area contributed by atoms with E-state index in [1.54, 1.807) is 7.11 Å². The molecule has 1 unspecified atom stereocenters. The molecule has 5 nitrogen and oxygen atoms in total. The fourth-order valence-corrected chi connectivity index (χ4v) is 2.98. The fourth-order valence-electron chi connectivity index (χ4n) is 2.98. The highest BCUT2D eigenvalue weighted by molar-refractivity contribution is 5.96. The summed E-state index contributed by atoms with van der Waals surface area (Å²) in [5.74, 6) is 1.91. The van der Waals surface area contributed by atoms with Crippen LogP contribution in [0.1, 0.15) is 22.3 Å². The van der Waals surface area contributed by atoms with Crippen molar-refractivity contribution in [3.63, 3.8) is 0 Å². The Labute approximate surface area is 124 Å². The summed E-state index contributed by atoms with van der Waals surface area (Å²) in [6, 6.07) is 3.71.